The molecule has 4 heterocycles. The number of piperidine rings is 2. The predicted octanol–water partition coefficient (Wildman–Crippen LogP) is 5.14. The zero-order valence-electron chi connectivity index (χ0n) is 18.1. The smallest absolute Gasteiger partial charge is 0.0686 e. The highest BCUT2D eigenvalue weighted by Gasteiger charge is 2.37. The molecule has 0 spiro atoms. The lowest BCUT2D eigenvalue weighted by molar-refractivity contribution is 0.0380. The molecule has 2 aromatic heterocycles. The van der Waals surface area contributed by atoms with Crippen LogP contribution in [0, 0.1) is 0 Å². The monoisotopic (exact) mass is 411 g/mol. The van der Waals surface area contributed by atoms with Crippen LogP contribution in [0.25, 0.3) is 22.0 Å². The predicted molar refractivity (Wildman–Crippen MR) is 124 cm³/mol. The maximum atomic E-state index is 4.84. The highest BCUT2D eigenvalue weighted by Crippen LogP contribution is 2.39. The number of aromatic nitrogens is 4. The van der Waals surface area contributed by atoms with E-state index in [1.807, 2.05) is 23.1 Å². The number of hydrogen-bond acceptors (Lipinski definition) is 3. The van der Waals surface area contributed by atoms with Crippen molar-refractivity contribution in [2.45, 2.75) is 56.8 Å². The Hall–Kier alpha value is -2.92. The van der Waals surface area contributed by atoms with Crippen LogP contribution < -0.4 is 0 Å². The highest BCUT2D eigenvalue weighted by atomic mass is 15.3. The van der Waals surface area contributed by atoms with E-state index in [1.165, 1.54) is 54.1 Å². The zero-order chi connectivity index (χ0) is 20.8. The van der Waals surface area contributed by atoms with Gasteiger partial charge in [-0.05, 0) is 56.0 Å². The minimum absolute atomic E-state index is 0.517. The molecular weight excluding hydrogens is 382 g/mol. The molecule has 0 N–H and O–H groups in total. The molecule has 2 aliphatic rings. The summed E-state index contributed by atoms with van der Waals surface area (Å²) in [7, 11) is 2.32. The zero-order valence-corrected chi connectivity index (χ0v) is 18.1. The number of hydrogen-bond donors (Lipinski definition) is 0. The van der Waals surface area contributed by atoms with Crippen molar-refractivity contribution in [1.82, 2.24) is 24.5 Å². The summed E-state index contributed by atoms with van der Waals surface area (Å²) in [5, 5.41) is 10.6. The van der Waals surface area contributed by atoms with Crippen LogP contribution in [0.5, 0.6) is 0 Å². The van der Waals surface area contributed by atoms with Crippen molar-refractivity contribution < 1.29 is 0 Å². The first-order valence-corrected chi connectivity index (χ1v) is 11.5. The van der Waals surface area contributed by atoms with Gasteiger partial charge in [-0.2, -0.15) is 10.2 Å². The summed E-state index contributed by atoms with van der Waals surface area (Å²) in [4.78, 5) is 2.62. The second kappa shape index (κ2) is 7.65. The van der Waals surface area contributed by atoms with E-state index in [2.05, 4.69) is 70.4 Å². The van der Waals surface area contributed by atoms with Crippen LogP contribution in [0.3, 0.4) is 0 Å². The summed E-state index contributed by atoms with van der Waals surface area (Å²) in [6, 6.07) is 19.1. The van der Waals surface area contributed by atoms with Gasteiger partial charge in [0.2, 0.25) is 0 Å². The molecule has 0 radical (unpaired) electrons. The van der Waals surface area contributed by atoms with Crippen molar-refractivity contribution >= 4 is 10.9 Å². The second-order valence-electron chi connectivity index (χ2n) is 9.30. The minimum Gasteiger partial charge on any atom is -0.300 e. The average Bonchev–Trinajstić information content (AvgIpc) is 3.41. The van der Waals surface area contributed by atoms with Gasteiger partial charge in [0.1, 0.15) is 0 Å². The molecule has 31 heavy (non-hydrogen) atoms. The first-order valence-electron chi connectivity index (χ1n) is 11.5. The molecular formula is C26H29N5. The molecule has 5 heteroatoms. The van der Waals surface area contributed by atoms with E-state index >= 15 is 0 Å². The van der Waals surface area contributed by atoms with E-state index in [1.54, 1.807) is 0 Å². The lowest BCUT2D eigenvalue weighted by atomic mass is 9.82. The third-order valence-electron chi connectivity index (χ3n) is 7.41. The molecule has 0 amide bonds. The Morgan fingerprint density at radius 3 is 2.48 bits per heavy atom. The van der Waals surface area contributed by atoms with Gasteiger partial charge >= 0.3 is 0 Å². The maximum absolute atomic E-state index is 4.84. The van der Waals surface area contributed by atoms with Gasteiger partial charge < -0.3 is 4.90 Å². The summed E-state index contributed by atoms with van der Waals surface area (Å²) >= 11 is 0. The Balaban J connectivity index is 1.25. The van der Waals surface area contributed by atoms with E-state index in [4.69, 9.17) is 5.10 Å². The van der Waals surface area contributed by atoms with Crippen LogP contribution in [-0.2, 0) is 6.54 Å². The number of benzene rings is 2. The van der Waals surface area contributed by atoms with Crippen molar-refractivity contribution in [2.24, 2.45) is 0 Å². The van der Waals surface area contributed by atoms with E-state index in [9.17, 15) is 0 Å². The third-order valence-corrected chi connectivity index (χ3v) is 7.41. The van der Waals surface area contributed by atoms with E-state index in [0.29, 0.717) is 18.1 Å². The summed E-state index contributed by atoms with van der Waals surface area (Å²) in [6.07, 6.45) is 12.6. The molecule has 2 aliphatic heterocycles. The van der Waals surface area contributed by atoms with Gasteiger partial charge in [-0.15, -0.1) is 0 Å². The number of nitrogens with zero attached hydrogens (tertiary/aromatic N) is 5. The Bertz CT molecular complexity index is 1180. The molecule has 2 bridgehead atoms. The first kappa shape index (κ1) is 18.8. The molecule has 6 rings (SSSR count). The molecule has 0 saturated carbocycles. The molecule has 0 aliphatic carbocycles. The highest BCUT2D eigenvalue weighted by molar-refractivity contribution is 5.84. The van der Waals surface area contributed by atoms with Crippen LogP contribution in [0.1, 0.15) is 43.7 Å². The fourth-order valence-corrected chi connectivity index (χ4v) is 5.68. The number of rotatable bonds is 4. The Kier molecular flexibility index (Phi) is 4.64. The standard InChI is InChI=1S/C26H29N5/c1-29-23-8-5-9-24(29)14-25(13-23)31-26-11-10-20(12-21(26)15-28-31)22-16-27-30(18-22)17-19-6-3-2-4-7-19/h2-4,6-7,10-12,15-16,18,23-25H,5,8-9,13-14,17H2,1H3. The van der Waals surface area contributed by atoms with E-state index in [-0.39, 0.29) is 0 Å². The van der Waals surface area contributed by atoms with Gasteiger partial charge in [0.15, 0.2) is 0 Å². The third kappa shape index (κ3) is 3.47. The maximum Gasteiger partial charge on any atom is 0.0686 e. The SMILES string of the molecule is CN1C2CCCC1CC(n1ncc3cc(-c4cnn(Cc5ccccc5)c4)ccc31)C2. The van der Waals surface area contributed by atoms with Gasteiger partial charge in [-0.25, -0.2) is 0 Å². The van der Waals surface area contributed by atoms with E-state index < -0.39 is 0 Å². The van der Waals surface area contributed by atoms with Gasteiger partial charge in [0.25, 0.3) is 0 Å². The molecule has 2 atom stereocenters. The van der Waals surface area contributed by atoms with Crippen LogP contribution in [0.15, 0.2) is 67.1 Å². The lowest BCUT2D eigenvalue weighted by Gasteiger charge is -2.47. The van der Waals surface area contributed by atoms with Crippen molar-refractivity contribution in [1.29, 1.82) is 0 Å². The van der Waals surface area contributed by atoms with Crippen molar-refractivity contribution in [3.05, 3.63) is 72.7 Å². The normalized spacial score (nSPS) is 24.0. The fraction of sp³-hybridized carbons (Fsp3) is 0.385. The van der Waals surface area contributed by atoms with Crippen molar-refractivity contribution in [3.63, 3.8) is 0 Å². The van der Waals surface area contributed by atoms with Gasteiger partial charge in [-0.1, -0.05) is 42.8 Å². The Morgan fingerprint density at radius 2 is 1.68 bits per heavy atom. The summed E-state index contributed by atoms with van der Waals surface area (Å²) in [5.41, 5.74) is 4.87. The summed E-state index contributed by atoms with van der Waals surface area (Å²) in [5.74, 6) is 0. The van der Waals surface area contributed by atoms with Gasteiger partial charge in [-0.3, -0.25) is 9.36 Å². The minimum atomic E-state index is 0.517. The summed E-state index contributed by atoms with van der Waals surface area (Å²) in [6.45, 7) is 0.791. The first-order chi connectivity index (χ1) is 15.2. The molecule has 158 valence electrons. The van der Waals surface area contributed by atoms with Crippen LogP contribution in [0.4, 0.5) is 0 Å². The quantitative estimate of drug-likeness (QED) is 0.467. The van der Waals surface area contributed by atoms with Crippen LogP contribution in [0.2, 0.25) is 0 Å². The number of fused-ring (bicyclic) bond motifs is 3. The molecule has 2 unspecified atom stereocenters. The molecule has 5 nitrogen and oxygen atoms in total. The largest absolute Gasteiger partial charge is 0.300 e. The Morgan fingerprint density at radius 1 is 0.871 bits per heavy atom. The van der Waals surface area contributed by atoms with Gasteiger partial charge in [0, 0.05) is 29.2 Å². The van der Waals surface area contributed by atoms with Gasteiger partial charge in [0.05, 0.1) is 30.5 Å². The summed E-state index contributed by atoms with van der Waals surface area (Å²) < 4.78 is 4.31. The Labute approximate surface area is 183 Å². The second-order valence-corrected chi connectivity index (χ2v) is 9.30. The molecule has 2 saturated heterocycles. The van der Waals surface area contributed by atoms with Crippen LogP contribution in [-0.4, -0.2) is 43.6 Å². The lowest BCUT2D eigenvalue weighted by Crippen LogP contribution is -2.50. The fourth-order valence-electron chi connectivity index (χ4n) is 5.68. The molecule has 2 aromatic carbocycles. The average molecular weight is 412 g/mol. The molecule has 4 aromatic rings. The van der Waals surface area contributed by atoms with Crippen molar-refractivity contribution in [3.8, 4) is 11.1 Å². The van der Waals surface area contributed by atoms with Crippen LogP contribution >= 0.6 is 0 Å². The van der Waals surface area contributed by atoms with Crippen molar-refractivity contribution in [2.75, 3.05) is 7.05 Å². The topological polar surface area (TPSA) is 38.9 Å². The van der Waals surface area contributed by atoms with E-state index in [0.717, 1.165) is 12.1 Å². The molecule has 2 fully saturated rings.